The maximum Gasteiger partial charge on any atom is 0.230 e. The molecule has 152 valence electrons. The lowest BCUT2D eigenvalue weighted by Gasteiger charge is -2.19. The van der Waals surface area contributed by atoms with E-state index in [1.54, 1.807) is 0 Å². The van der Waals surface area contributed by atoms with Crippen molar-refractivity contribution in [3.05, 3.63) is 29.8 Å². The monoisotopic (exact) mass is 402 g/mol. The van der Waals surface area contributed by atoms with Gasteiger partial charge in [-0.05, 0) is 30.7 Å². The summed E-state index contributed by atoms with van der Waals surface area (Å²) >= 11 is 1.42. The van der Waals surface area contributed by atoms with Gasteiger partial charge in [-0.3, -0.25) is 4.79 Å². The number of benzene rings is 1. The van der Waals surface area contributed by atoms with Gasteiger partial charge in [-0.1, -0.05) is 56.8 Å². The molecule has 1 amide bonds. The highest BCUT2D eigenvalue weighted by Gasteiger charge is 2.18. The fourth-order valence-corrected chi connectivity index (χ4v) is 4.06. The molecule has 1 saturated heterocycles. The molecule has 1 aliphatic heterocycles. The van der Waals surface area contributed by atoms with Gasteiger partial charge in [0.2, 0.25) is 5.91 Å². The van der Waals surface area contributed by atoms with Crippen LogP contribution in [-0.2, 0) is 21.5 Å². The Bertz CT molecular complexity index is 790. The molecule has 1 aliphatic rings. The van der Waals surface area contributed by atoms with E-state index in [0.717, 1.165) is 42.5 Å². The summed E-state index contributed by atoms with van der Waals surface area (Å²) in [7, 11) is 0. The first-order valence-corrected chi connectivity index (χ1v) is 10.9. The second kappa shape index (κ2) is 9.09. The largest absolute Gasteiger partial charge is 0.376 e. The third-order valence-electron chi connectivity index (χ3n) is 4.93. The summed E-state index contributed by atoms with van der Waals surface area (Å²) in [6, 6.07) is 8.49. The van der Waals surface area contributed by atoms with Gasteiger partial charge >= 0.3 is 0 Å². The minimum absolute atomic E-state index is 0.00207. The van der Waals surface area contributed by atoms with E-state index < -0.39 is 0 Å². The zero-order valence-electron chi connectivity index (χ0n) is 17.2. The molecule has 1 N–H and O–H groups in total. The molecule has 2 aromatic rings. The van der Waals surface area contributed by atoms with E-state index in [1.807, 2.05) is 0 Å². The molecule has 0 saturated carbocycles. The minimum Gasteiger partial charge on any atom is -0.376 e. The van der Waals surface area contributed by atoms with Crippen molar-refractivity contribution in [2.24, 2.45) is 0 Å². The van der Waals surface area contributed by atoms with Gasteiger partial charge in [0.15, 0.2) is 11.0 Å². The maximum absolute atomic E-state index is 12.1. The number of hydrogen-bond donors (Lipinski definition) is 1. The van der Waals surface area contributed by atoms with Crippen LogP contribution in [0.25, 0.3) is 11.4 Å². The standard InChI is InChI=1S/C21H30N4O2S/c1-5-25-19(15-8-10-16(11-9-15)21(2,3)4)23-24-20(25)28-14-18(26)22-13-17-7-6-12-27-17/h8-11,17H,5-7,12-14H2,1-4H3,(H,22,26). The summed E-state index contributed by atoms with van der Waals surface area (Å²) < 4.78 is 7.60. The number of nitrogens with one attached hydrogen (secondary N) is 1. The Kier molecular flexibility index (Phi) is 6.78. The Morgan fingerprint density at radius 1 is 1.29 bits per heavy atom. The molecule has 1 aromatic heterocycles. The smallest absolute Gasteiger partial charge is 0.230 e. The quantitative estimate of drug-likeness (QED) is 0.716. The molecule has 1 aromatic carbocycles. The van der Waals surface area contributed by atoms with E-state index in [4.69, 9.17) is 4.74 Å². The highest BCUT2D eigenvalue weighted by molar-refractivity contribution is 7.99. The van der Waals surface area contributed by atoms with Crippen LogP contribution in [-0.4, -0.2) is 45.7 Å². The summed E-state index contributed by atoms with van der Waals surface area (Å²) in [5, 5.41) is 12.4. The third kappa shape index (κ3) is 5.14. The number of amides is 1. The molecule has 1 atom stereocenters. The number of carbonyl (C=O) groups is 1. The molecule has 0 spiro atoms. The van der Waals surface area contributed by atoms with Crippen LogP contribution in [0.15, 0.2) is 29.4 Å². The Hall–Kier alpha value is -1.86. The van der Waals surface area contributed by atoms with Crippen LogP contribution in [0.5, 0.6) is 0 Å². The van der Waals surface area contributed by atoms with Crippen molar-refractivity contribution >= 4 is 17.7 Å². The molecule has 6 nitrogen and oxygen atoms in total. The molecule has 0 bridgehead atoms. The second-order valence-corrected chi connectivity index (χ2v) is 9.05. The zero-order valence-corrected chi connectivity index (χ0v) is 18.0. The van der Waals surface area contributed by atoms with Crippen molar-refractivity contribution in [3.8, 4) is 11.4 Å². The van der Waals surface area contributed by atoms with E-state index in [9.17, 15) is 4.79 Å². The lowest BCUT2D eigenvalue weighted by atomic mass is 9.87. The summed E-state index contributed by atoms with van der Waals surface area (Å²) in [5.41, 5.74) is 2.45. The van der Waals surface area contributed by atoms with E-state index >= 15 is 0 Å². The van der Waals surface area contributed by atoms with E-state index in [-0.39, 0.29) is 17.4 Å². The van der Waals surface area contributed by atoms with Gasteiger partial charge in [-0.2, -0.15) is 0 Å². The van der Waals surface area contributed by atoms with Gasteiger partial charge in [0.1, 0.15) is 0 Å². The molecule has 28 heavy (non-hydrogen) atoms. The topological polar surface area (TPSA) is 69.0 Å². The van der Waals surface area contributed by atoms with Crippen LogP contribution in [0.4, 0.5) is 0 Å². The molecule has 7 heteroatoms. The predicted molar refractivity (Wildman–Crippen MR) is 113 cm³/mol. The van der Waals surface area contributed by atoms with E-state index in [2.05, 4.69) is 72.0 Å². The molecule has 2 heterocycles. The molecule has 1 unspecified atom stereocenters. The van der Waals surface area contributed by atoms with Crippen LogP contribution in [0.3, 0.4) is 0 Å². The van der Waals surface area contributed by atoms with E-state index in [0.29, 0.717) is 12.3 Å². The summed E-state index contributed by atoms with van der Waals surface area (Å²) in [6.07, 6.45) is 2.26. The van der Waals surface area contributed by atoms with Crippen molar-refractivity contribution < 1.29 is 9.53 Å². The number of hydrogen-bond acceptors (Lipinski definition) is 5. The van der Waals surface area contributed by atoms with Gasteiger partial charge < -0.3 is 14.6 Å². The Balaban J connectivity index is 1.62. The first-order valence-electron chi connectivity index (χ1n) is 9.93. The summed E-state index contributed by atoms with van der Waals surface area (Å²) in [4.78, 5) is 12.1. The number of rotatable bonds is 7. The van der Waals surface area contributed by atoms with Crippen molar-refractivity contribution in [1.82, 2.24) is 20.1 Å². The fraction of sp³-hybridized carbons (Fsp3) is 0.571. The average Bonchev–Trinajstić information content (AvgIpc) is 3.33. The minimum atomic E-state index is 0.00207. The van der Waals surface area contributed by atoms with Crippen LogP contribution >= 0.6 is 11.8 Å². The van der Waals surface area contributed by atoms with Crippen LogP contribution < -0.4 is 5.32 Å². The molecule has 0 radical (unpaired) electrons. The van der Waals surface area contributed by atoms with Crippen LogP contribution in [0, 0.1) is 0 Å². The van der Waals surface area contributed by atoms with Crippen molar-refractivity contribution in [3.63, 3.8) is 0 Å². The number of aromatic nitrogens is 3. The normalized spacial score (nSPS) is 17.1. The Labute approximate surface area is 171 Å². The van der Waals surface area contributed by atoms with Crippen molar-refractivity contribution in [2.75, 3.05) is 18.9 Å². The molecule has 0 aliphatic carbocycles. The van der Waals surface area contributed by atoms with Crippen molar-refractivity contribution in [1.29, 1.82) is 0 Å². The zero-order chi connectivity index (χ0) is 20.1. The fourth-order valence-electron chi connectivity index (χ4n) is 3.23. The molecular weight excluding hydrogens is 372 g/mol. The average molecular weight is 403 g/mol. The van der Waals surface area contributed by atoms with Crippen molar-refractivity contribution in [2.45, 2.75) is 63.8 Å². The van der Waals surface area contributed by atoms with Gasteiger partial charge in [-0.25, -0.2) is 0 Å². The number of nitrogens with zero attached hydrogens (tertiary/aromatic N) is 3. The molecular formula is C21H30N4O2S. The first-order chi connectivity index (χ1) is 13.4. The summed E-state index contributed by atoms with van der Waals surface area (Å²) in [5.74, 6) is 1.17. The van der Waals surface area contributed by atoms with E-state index in [1.165, 1.54) is 17.3 Å². The first kappa shape index (κ1) is 20.9. The maximum atomic E-state index is 12.1. The molecule has 3 rings (SSSR count). The highest BCUT2D eigenvalue weighted by Crippen LogP contribution is 2.27. The van der Waals surface area contributed by atoms with Gasteiger partial charge in [0.25, 0.3) is 0 Å². The number of carbonyl (C=O) groups excluding carboxylic acids is 1. The second-order valence-electron chi connectivity index (χ2n) is 8.11. The lowest BCUT2D eigenvalue weighted by molar-refractivity contribution is -0.119. The Morgan fingerprint density at radius 2 is 2.04 bits per heavy atom. The number of thioether (sulfide) groups is 1. The van der Waals surface area contributed by atoms with Gasteiger partial charge in [0, 0.05) is 25.3 Å². The predicted octanol–water partition coefficient (Wildman–Crippen LogP) is 3.65. The summed E-state index contributed by atoms with van der Waals surface area (Å²) in [6.45, 7) is 10.8. The van der Waals surface area contributed by atoms with Crippen LogP contribution in [0.2, 0.25) is 0 Å². The lowest BCUT2D eigenvalue weighted by Crippen LogP contribution is -2.32. The third-order valence-corrected chi connectivity index (χ3v) is 5.89. The SMILES string of the molecule is CCn1c(SCC(=O)NCC2CCCO2)nnc1-c1ccc(C(C)(C)C)cc1. The molecule has 1 fully saturated rings. The van der Waals surface area contributed by atoms with Gasteiger partial charge in [-0.15, -0.1) is 10.2 Å². The van der Waals surface area contributed by atoms with Gasteiger partial charge in [0.05, 0.1) is 11.9 Å². The number of ether oxygens (including phenoxy) is 1. The highest BCUT2D eigenvalue weighted by atomic mass is 32.2. The Morgan fingerprint density at radius 3 is 2.64 bits per heavy atom. The van der Waals surface area contributed by atoms with Crippen LogP contribution in [0.1, 0.15) is 46.1 Å².